The number of carbonyl (C=O) groups is 2. The Kier molecular flexibility index (Phi) is 9.29. The van der Waals surface area contributed by atoms with Gasteiger partial charge in [0.25, 0.3) is 5.91 Å². The second-order valence-electron chi connectivity index (χ2n) is 6.96. The quantitative estimate of drug-likeness (QED) is 0.469. The van der Waals surface area contributed by atoms with E-state index in [1.807, 2.05) is 13.8 Å². The van der Waals surface area contributed by atoms with Crippen molar-refractivity contribution in [2.24, 2.45) is 0 Å². The number of halogens is 4. The van der Waals surface area contributed by atoms with Gasteiger partial charge in [0.1, 0.15) is 11.8 Å². The van der Waals surface area contributed by atoms with Crippen molar-refractivity contribution in [2.45, 2.75) is 39.4 Å². The van der Waals surface area contributed by atoms with Crippen LogP contribution in [-0.4, -0.2) is 35.4 Å². The topological polar surface area (TPSA) is 58.6 Å². The molecule has 162 valence electrons. The minimum absolute atomic E-state index is 0.0581. The van der Waals surface area contributed by atoms with Gasteiger partial charge in [-0.2, -0.15) is 0 Å². The van der Waals surface area contributed by atoms with Gasteiger partial charge in [-0.1, -0.05) is 40.9 Å². The Hall–Kier alpha value is -1.47. The highest BCUT2D eigenvalue weighted by atomic mass is 79.9. The van der Waals surface area contributed by atoms with Crippen LogP contribution in [0.25, 0.3) is 0 Å². The van der Waals surface area contributed by atoms with Crippen molar-refractivity contribution in [1.82, 2.24) is 10.2 Å². The van der Waals surface area contributed by atoms with Crippen LogP contribution in [0.1, 0.15) is 26.3 Å². The average molecular weight is 537 g/mol. The molecule has 0 saturated carbocycles. The predicted molar refractivity (Wildman–Crippen MR) is 124 cm³/mol. The van der Waals surface area contributed by atoms with Gasteiger partial charge in [0.15, 0.2) is 6.61 Å². The fourth-order valence-electron chi connectivity index (χ4n) is 2.64. The Morgan fingerprint density at radius 1 is 1.07 bits per heavy atom. The van der Waals surface area contributed by atoms with E-state index in [-0.39, 0.29) is 31.0 Å². The summed E-state index contributed by atoms with van der Waals surface area (Å²) in [7, 11) is 0. The number of hydrogen-bond donors (Lipinski definition) is 1. The van der Waals surface area contributed by atoms with Crippen LogP contribution in [0.5, 0.6) is 5.75 Å². The van der Waals surface area contributed by atoms with Crippen molar-refractivity contribution in [3.05, 3.63) is 61.5 Å². The normalized spacial score (nSPS) is 11.9. The maximum Gasteiger partial charge on any atom is 0.261 e. The van der Waals surface area contributed by atoms with E-state index in [4.69, 9.17) is 39.5 Å². The minimum atomic E-state index is -0.732. The van der Waals surface area contributed by atoms with Gasteiger partial charge in [-0.3, -0.25) is 9.59 Å². The summed E-state index contributed by atoms with van der Waals surface area (Å²) in [6.07, 6.45) is 0. The van der Waals surface area contributed by atoms with E-state index in [2.05, 4.69) is 21.2 Å². The Labute approximate surface area is 199 Å². The lowest BCUT2D eigenvalue weighted by atomic mass is 10.1. The summed E-state index contributed by atoms with van der Waals surface area (Å²) in [4.78, 5) is 27.0. The summed E-state index contributed by atoms with van der Waals surface area (Å²) in [5, 5.41) is 4.27. The Bertz CT molecular complexity index is 924. The highest BCUT2D eigenvalue weighted by Gasteiger charge is 2.27. The van der Waals surface area contributed by atoms with Crippen LogP contribution in [0.15, 0.2) is 40.9 Å². The van der Waals surface area contributed by atoms with E-state index in [9.17, 15) is 9.59 Å². The van der Waals surface area contributed by atoms with Crippen LogP contribution in [0.3, 0.4) is 0 Å². The van der Waals surface area contributed by atoms with Crippen molar-refractivity contribution >= 4 is 62.5 Å². The van der Waals surface area contributed by atoms with Gasteiger partial charge in [0, 0.05) is 27.7 Å². The molecule has 0 fully saturated rings. The third kappa shape index (κ3) is 7.05. The van der Waals surface area contributed by atoms with Crippen LogP contribution >= 0.6 is 50.7 Å². The molecular formula is C21H22BrCl3N2O3. The maximum absolute atomic E-state index is 13.0. The number of nitrogens with one attached hydrogen (secondary N) is 1. The van der Waals surface area contributed by atoms with E-state index >= 15 is 0 Å². The third-order valence-corrected chi connectivity index (χ3v) is 5.64. The van der Waals surface area contributed by atoms with Crippen molar-refractivity contribution in [2.75, 3.05) is 6.61 Å². The number of nitrogens with zero attached hydrogens (tertiary/aromatic N) is 1. The molecule has 0 heterocycles. The Morgan fingerprint density at radius 3 is 2.30 bits per heavy atom. The largest absolute Gasteiger partial charge is 0.483 e. The smallest absolute Gasteiger partial charge is 0.261 e. The lowest BCUT2D eigenvalue weighted by Gasteiger charge is -2.29. The van der Waals surface area contributed by atoms with Crippen LogP contribution < -0.4 is 10.1 Å². The highest BCUT2D eigenvalue weighted by molar-refractivity contribution is 9.10. The molecule has 0 bridgehead atoms. The molecule has 0 aliphatic heterocycles. The fourth-order valence-corrected chi connectivity index (χ4v) is 3.90. The van der Waals surface area contributed by atoms with Gasteiger partial charge in [-0.05, 0) is 72.6 Å². The van der Waals surface area contributed by atoms with Crippen molar-refractivity contribution in [3.63, 3.8) is 0 Å². The molecule has 9 heteroatoms. The fraction of sp³-hybridized carbons (Fsp3) is 0.333. The molecular weight excluding hydrogens is 515 g/mol. The zero-order valence-corrected chi connectivity index (χ0v) is 20.6. The molecule has 0 spiro atoms. The zero-order valence-electron chi connectivity index (χ0n) is 16.7. The monoisotopic (exact) mass is 534 g/mol. The summed E-state index contributed by atoms with van der Waals surface area (Å²) in [5.74, 6) is -0.165. The number of rotatable bonds is 8. The van der Waals surface area contributed by atoms with E-state index in [1.165, 1.54) is 4.90 Å². The molecule has 1 atom stereocenters. The number of benzene rings is 2. The predicted octanol–water partition coefficient (Wildman–Crippen LogP) is 5.73. The van der Waals surface area contributed by atoms with Gasteiger partial charge in [0.2, 0.25) is 5.91 Å². The number of hydrogen-bond acceptors (Lipinski definition) is 3. The van der Waals surface area contributed by atoms with Crippen molar-refractivity contribution in [1.29, 1.82) is 0 Å². The minimum Gasteiger partial charge on any atom is -0.483 e. The Morgan fingerprint density at radius 2 is 1.70 bits per heavy atom. The first-order valence-corrected chi connectivity index (χ1v) is 11.1. The average Bonchev–Trinajstić information content (AvgIpc) is 2.65. The molecule has 1 unspecified atom stereocenters. The molecule has 5 nitrogen and oxygen atoms in total. The maximum atomic E-state index is 13.0. The summed E-state index contributed by atoms with van der Waals surface area (Å²) >= 11 is 21.5. The Balaban J connectivity index is 2.22. The molecule has 2 amide bonds. The first-order valence-electron chi connectivity index (χ1n) is 9.20. The van der Waals surface area contributed by atoms with E-state index in [0.29, 0.717) is 30.9 Å². The number of ether oxygens (including phenoxy) is 1. The first kappa shape index (κ1) is 24.8. The summed E-state index contributed by atoms with van der Waals surface area (Å²) in [6.45, 7) is 5.25. The lowest BCUT2D eigenvalue weighted by Crippen LogP contribution is -2.50. The first-order chi connectivity index (χ1) is 14.1. The van der Waals surface area contributed by atoms with Gasteiger partial charge < -0.3 is 15.0 Å². The molecule has 0 saturated heterocycles. The molecule has 0 aliphatic rings. The number of amides is 2. The highest BCUT2D eigenvalue weighted by Crippen LogP contribution is 2.28. The molecule has 2 rings (SSSR count). The SMILES string of the molecule is CC(C)NC(=O)C(C)N(Cc1ccc(Cl)cc1Cl)C(=O)COc1ccc(Cl)cc1Br. The summed E-state index contributed by atoms with van der Waals surface area (Å²) in [6, 6.07) is 9.22. The van der Waals surface area contributed by atoms with Crippen LogP contribution in [0.4, 0.5) is 0 Å². The molecule has 2 aromatic carbocycles. The molecule has 0 aromatic heterocycles. The van der Waals surface area contributed by atoms with Gasteiger partial charge in [0.05, 0.1) is 4.47 Å². The number of carbonyl (C=O) groups excluding carboxylic acids is 2. The van der Waals surface area contributed by atoms with Crippen molar-refractivity contribution in [3.8, 4) is 5.75 Å². The van der Waals surface area contributed by atoms with Crippen molar-refractivity contribution < 1.29 is 14.3 Å². The molecule has 0 radical (unpaired) electrons. The molecule has 0 aliphatic carbocycles. The second-order valence-corrected chi connectivity index (χ2v) is 9.09. The zero-order chi connectivity index (χ0) is 22.4. The van der Waals surface area contributed by atoms with Gasteiger partial charge >= 0.3 is 0 Å². The summed E-state index contributed by atoms with van der Waals surface area (Å²) < 4.78 is 6.28. The standard InChI is InChI=1S/C21H22BrCl3N2O3/c1-12(2)26-21(29)13(3)27(10-14-4-5-16(24)9-18(14)25)20(28)11-30-19-7-6-15(23)8-17(19)22/h4-9,12-13H,10-11H2,1-3H3,(H,26,29). The lowest BCUT2D eigenvalue weighted by molar-refractivity contribution is -0.142. The molecule has 1 N–H and O–H groups in total. The molecule has 2 aromatic rings. The second kappa shape index (κ2) is 11.2. The van der Waals surface area contributed by atoms with E-state index < -0.39 is 6.04 Å². The van der Waals surface area contributed by atoms with Gasteiger partial charge in [-0.15, -0.1) is 0 Å². The molecule has 30 heavy (non-hydrogen) atoms. The van der Waals surface area contributed by atoms with Crippen LogP contribution in [0, 0.1) is 0 Å². The van der Waals surface area contributed by atoms with E-state index in [1.54, 1.807) is 43.3 Å². The van der Waals surface area contributed by atoms with Crippen LogP contribution in [0.2, 0.25) is 15.1 Å². The third-order valence-electron chi connectivity index (χ3n) is 4.20. The van der Waals surface area contributed by atoms with Gasteiger partial charge in [-0.25, -0.2) is 0 Å². The van der Waals surface area contributed by atoms with Crippen LogP contribution in [-0.2, 0) is 16.1 Å². The van der Waals surface area contributed by atoms with E-state index in [0.717, 1.165) is 0 Å². The summed E-state index contributed by atoms with van der Waals surface area (Å²) in [5.41, 5.74) is 0.672.